The predicted octanol–water partition coefficient (Wildman–Crippen LogP) is 2.31. The molecule has 1 aliphatic rings. The zero-order valence-electron chi connectivity index (χ0n) is 12.0. The summed E-state index contributed by atoms with van der Waals surface area (Å²) >= 11 is 0. The first-order valence-corrected chi connectivity index (χ1v) is 7.07. The summed E-state index contributed by atoms with van der Waals surface area (Å²) in [5.74, 6) is 0.580. The first kappa shape index (κ1) is 14.0. The highest BCUT2D eigenvalue weighted by atomic mass is 16.5. The van der Waals surface area contributed by atoms with Crippen molar-refractivity contribution in [1.82, 2.24) is 10.2 Å². The summed E-state index contributed by atoms with van der Waals surface area (Å²) in [5, 5.41) is 16.5. The molecule has 0 aliphatic carbocycles. The molecule has 3 rings (SSSR count). The smallest absolute Gasteiger partial charge is 0.392 e. The first-order chi connectivity index (χ1) is 10.8. The lowest BCUT2D eigenvalue weighted by atomic mass is 10.0. The number of ether oxygens (including phenoxy) is 1. The molecule has 22 heavy (non-hydrogen) atoms. The van der Waals surface area contributed by atoms with Crippen LogP contribution >= 0.6 is 0 Å². The van der Waals surface area contributed by atoms with E-state index in [1.54, 1.807) is 4.90 Å². The van der Waals surface area contributed by atoms with Crippen LogP contribution in [0, 0.1) is 6.07 Å². The van der Waals surface area contributed by atoms with Crippen molar-refractivity contribution in [2.45, 2.75) is 0 Å². The summed E-state index contributed by atoms with van der Waals surface area (Å²) in [6.07, 6.45) is 0. The van der Waals surface area contributed by atoms with Crippen molar-refractivity contribution in [2.24, 2.45) is 0 Å². The van der Waals surface area contributed by atoms with Crippen LogP contribution in [0.5, 0.6) is 5.75 Å². The third-order valence-electron chi connectivity index (χ3n) is 3.62. The maximum absolute atomic E-state index is 11.5. The summed E-state index contributed by atoms with van der Waals surface area (Å²) in [5.41, 5.74) is 0.603. The first-order valence-electron chi connectivity index (χ1n) is 7.07. The van der Waals surface area contributed by atoms with E-state index in [1.165, 1.54) is 0 Å². The Bertz CT molecular complexity index is 764. The minimum Gasteiger partial charge on any atom is -0.490 e. The van der Waals surface area contributed by atoms with Gasteiger partial charge in [0, 0.05) is 18.5 Å². The Hall–Kier alpha value is -2.94. The van der Waals surface area contributed by atoms with Crippen molar-refractivity contribution in [3.63, 3.8) is 0 Å². The van der Waals surface area contributed by atoms with Crippen LogP contribution in [0.3, 0.4) is 0 Å². The minimum atomic E-state index is -0.0641. The Morgan fingerprint density at radius 1 is 1.32 bits per heavy atom. The summed E-state index contributed by atoms with van der Waals surface area (Å²) in [4.78, 5) is 13.2. The Labute approximate surface area is 127 Å². The standard InChI is InChI=1S/C16H15N3O3/c20-16-17-7-8-19(16)9-10-22-15-6-5-12-3-1-2-4-13(12)14(15)11-18-21/h1-6H,7-10H2,(H-,17,20,21)/p+1. The number of carbonyl (C=O) groups is 1. The highest BCUT2D eigenvalue weighted by Gasteiger charge is 2.19. The quantitative estimate of drug-likeness (QED) is 0.851. The molecule has 0 aromatic heterocycles. The molecule has 112 valence electrons. The Morgan fingerprint density at radius 2 is 2.18 bits per heavy atom. The van der Waals surface area contributed by atoms with E-state index in [9.17, 15) is 4.79 Å². The largest absolute Gasteiger partial charge is 0.490 e. The molecule has 1 saturated heterocycles. The van der Waals surface area contributed by atoms with E-state index in [0.717, 1.165) is 10.8 Å². The van der Waals surface area contributed by atoms with Gasteiger partial charge >= 0.3 is 12.1 Å². The fourth-order valence-electron chi connectivity index (χ4n) is 2.53. The molecule has 2 aromatic rings. The van der Waals surface area contributed by atoms with Gasteiger partial charge in [-0.2, -0.15) is 5.21 Å². The fourth-order valence-corrected chi connectivity index (χ4v) is 2.53. The number of hydrogen-bond donors (Lipinski definition) is 2. The summed E-state index contributed by atoms with van der Waals surface area (Å²) in [6.45, 7) is 2.24. The van der Waals surface area contributed by atoms with Gasteiger partial charge in [0.25, 0.3) is 0 Å². The van der Waals surface area contributed by atoms with Crippen LogP contribution in [0.2, 0.25) is 0 Å². The molecular weight excluding hydrogens is 282 g/mol. The van der Waals surface area contributed by atoms with Gasteiger partial charge in [-0.3, -0.25) is 0 Å². The van der Waals surface area contributed by atoms with E-state index in [-0.39, 0.29) is 6.03 Å². The summed E-state index contributed by atoms with van der Waals surface area (Å²) in [7, 11) is 0. The maximum atomic E-state index is 11.5. The van der Waals surface area contributed by atoms with Crippen LogP contribution in [-0.4, -0.2) is 42.4 Å². The number of benzene rings is 2. The lowest BCUT2D eigenvalue weighted by molar-refractivity contribution is 0.202. The normalized spacial score (nSPS) is 13.6. The molecule has 1 aliphatic heterocycles. The number of nitrogens with one attached hydrogen (secondary N) is 1. The van der Waals surface area contributed by atoms with Crippen LogP contribution in [0.1, 0.15) is 5.56 Å². The Morgan fingerprint density at radius 3 is 2.95 bits per heavy atom. The van der Waals surface area contributed by atoms with E-state index in [2.05, 4.69) is 16.4 Å². The number of urea groups is 1. The second kappa shape index (κ2) is 6.22. The molecular formula is C16H16N3O3+. The number of amides is 2. The number of carbonyl (C=O) groups excluding carboxylic acids is 1. The van der Waals surface area contributed by atoms with Crippen molar-refractivity contribution in [1.29, 1.82) is 0 Å². The van der Waals surface area contributed by atoms with Gasteiger partial charge in [0.2, 0.25) is 5.01 Å². The summed E-state index contributed by atoms with van der Waals surface area (Å²) < 4.78 is 5.75. The molecule has 0 radical (unpaired) electrons. The molecule has 2 N–H and O–H groups in total. The molecule has 0 spiro atoms. The van der Waals surface area contributed by atoms with Gasteiger partial charge in [-0.1, -0.05) is 30.3 Å². The Kier molecular flexibility index (Phi) is 3.97. The van der Waals surface area contributed by atoms with Crippen molar-refractivity contribution in [3.8, 4) is 11.8 Å². The second-order valence-corrected chi connectivity index (χ2v) is 4.94. The van der Waals surface area contributed by atoms with Crippen LogP contribution < -0.4 is 10.1 Å². The highest BCUT2D eigenvalue weighted by molar-refractivity contribution is 5.90. The van der Waals surface area contributed by atoms with E-state index < -0.39 is 0 Å². The zero-order valence-corrected chi connectivity index (χ0v) is 12.0. The number of hydrogen-bond acceptors (Lipinski definition) is 3. The van der Waals surface area contributed by atoms with Gasteiger partial charge in [-0.25, -0.2) is 4.79 Å². The molecule has 0 atom stereocenters. The second-order valence-electron chi connectivity index (χ2n) is 4.94. The minimum absolute atomic E-state index is 0.0641. The molecule has 2 aromatic carbocycles. The summed E-state index contributed by atoms with van der Waals surface area (Å²) in [6, 6.07) is 14.0. The molecule has 6 nitrogen and oxygen atoms in total. The topological polar surface area (TPSA) is 66.2 Å². The van der Waals surface area contributed by atoms with Crippen molar-refractivity contribution in [3.05, 3.63) is 47.0 Å². The fraction of sp³-hybridized carbons (Fsp3) is 0.250. The van der Waals surface area contributed by atoms with E-state index in [1.807, 2.05) is 36.4 Å². The molecule has 6 heteroatoms. The van der Waals surface area contributed by atoms with Gasteiger partial charge in [0.05, 0.1) is 6.54 Å². The van der Waals surface area contributed by atoms with Gasteiger partial charge < -0.3 is 15.0 Å². The predicted molar refractivity (Wildman–Crippen MR) is 82.6 cm³/mol. The maximum Gasteiger partial charge on any atom is 0.392 e. The lowest BCUT2D eigenvalue weighted by Gasteiger charge is -2.15. The van der Waals surface area contributed by atoms with Crippen LogP contribution in [-0.2, 0) is 0 Å². The lowest BCUT2D eigenvalue weighted by Crippen LogP contribution is -2.31. The molecule has 0 saturated carbocycles. The highest BCUT2D eigenvalue weighted by Crippen LogP contribution is 2.27. The van der Waals surface area contributed by atoms with Crippen LogP contribution in [0.4, 0.5) is 4.79 Å². The van der Waals surface area contributed by atoms with Crippen molar-refractivity contribution < 1.29 is 14.7 Å². The van der Waals surface area contributed by atoms with Crippen molar-refractivity contribution in [2.75, 3.05) is 26.2 Å². The van der Waals surface area contributed by atoms with Gasteiger partial charge in [-0.15, -0.1) is 0 Å². The van der Waals surface area contributed by atoms with E-state index >= 15 is 0 Å². The Balaban J connectivity index is 1.79. The molecule has 1 heterocycles. The SMILES string of the molecule is O=C1NCCN1CCOc1ccc2ccccc2c1C#[N+]O. The third kappa shape index (κ3) is 2.74. The molecule has 1 fully saturated rings. The molecule has 2 amide bonds. The number of fused-ring (bicyclic) bond motifs is 1. The van der Waals surface area contributed by atoms with E-state index in [0.29, 0.717) is 37.6 Å². The molecule has 0 bridgehead atoms. The number of nitrogens with zero attached hydrogens (tertiary/aromatic N) is 2. The molecule has 0 unspecified atom stereocenters. The number of rotatable bonds is 4. The van der Waals surface area contributed by atoms with Gasteiger partial charge in [0.15, 0.2) is 5.56 Å². The average molecular weight is 298 g/mol. The van der Waals surface area contributed by atoms with Gasteiger partial charge in [0.1, 0.15) is 12.4 Å². The van der Waals surface area contributed by atoms with Gasteiger partial charge in [-0.05, 0) is 11.5 Å². The zero-order chi connectivity index (χ0) is 15.4. The van der Waals surface area contributed by atoms with Crippen molar-refractivity contribution >= 4 is 16.8 Å². The van der Waals surface area contributed by atoms with E-state index in [4.69, 9.17) is 9.94 Å². The third-order valence-corrected chi connectivity index (χ3v) is 3.62. The van der Waals surface area contributed by atoms with Crippen LogP contribution in [0.25, 0.3) is 15.8 Å². The average Bonchev–Trinajstić information content (AvgIpc) is 2.95. The monoisotopic (exact) mass is 298 g/mol. The van der Waals surface area contributed by atoms with Crippen LogP contribution in [0.15, 0.2) is 36.4 Å².